The number of nitrogens with two attached hydrogens (primary N) is 1. The van der Waals surface area contributed by atoms with Crippen LogP contribution in [0.15, 0.2) is 17.1 Å². The van der Waals surface area contributed by atoms with Crippen molar-refractivity contribution in [3.63, 3.8) is 0 Å². The first-order valence-electron chi connectivity index (χ1n) is 8.45. The summed E-state index contributed by atoms with van der Waals surface area (Å²) in [6, 6.07) is 1.52. The van der Waals surface area contributed by atoms with Crippen LogP contribution in [-0.4, -0.2) is 50.2 Å². The second-order valence-corrected chi connectivity index (χ2v) is 7.54. The van der Waals surface area contributed by atoms with Crippen molar-refractivity contribution in [1.82, 2.24) is 9.55 Å². The van der Waals surface area contributed by atoms with Crippen LogP contribution in [0.25, 0.3) is 0 Å². The number of ether oxygens (including phenoxy) is 3. The molecule has 4 rings (SSSR count). The number of nitrogens with zero attached hydrogens (tertiary/aromatic N) is 2. The number of alkyl halides is 1. The number of fused-ring (bicyclic) bond motifs is 1. The molecule has 25 heavy (non-hydrogen) atoms. The summed E-state index contributed by atoms with van der Waals surface area (Å²) in [5, 5.41) is 10.0. The van der Waals surface area contributed by atoms with Gasteiger partial charge in [-0.25, -0.2) is 4.79 Å². The Morgan fingerprint density at radius 3 is 2.76 bits per heavy atom. The van der Waals surface area contributed by atoms with Gasteiger partial charge >= 0.3 is 5.69 Å². The summed E-state index contributed by atoms with van der Waals surface area (Å²) in [6.07, 6.45) is 3.63. The zero-order valence-electron chi connectivity index (χ0n) is 14.0. The first kappa shape index (κ1) is 17.2. The Labute approximate surface area is 149 Å². The molecule has 0 bridgehead atoms. The van der Waals surface area contributed by atoms with E-state index in [0.29, 0.717) is 0 Å². The number of anilines is 1. The lowest BCUT2D eigenvalue weighted by atomic mass is 9.89. The SMILES string of the molecule is C[C@@]12OC3(CCCC3)OC1[C@](CO)(CCl)O[C@H]2n1ccc(N)nc1=O. The van der Waals surface area contributed by atoms with Crippen molar-refractivity contribution in [3.05, 3.63) is 22.7 Å². The van der Waals surface area contributed by atoms with Gasteiger partial charge in [-0.05, 0) is 25.8 Å². The van der Waals surface area contributed by atoms with E-state index in [0.717, 1.165) is 25.7 Å². The second kappa shape index (κ2) is 5.65. The molecule has 3 heterocycles. The average Bonchev–Trinajstić information content (AvgIpc) is 3.21. The van der Waals surface area contributed by atoms with Gasteiger partial charge in [0.05, 0.1) is 12.5 Å². The highest BCUT2D eigenvalue weighted by molar-refractivity contribution is 6.18. The third-order valence-electron chi connectivity index (χ3n) is 5.54. The summed E-state index contributed by atoms with van der Waals surface area (Å²) in [5.41, 5.74) is 2.89. The fourth-order valence-electron chi connectivity index (χ4n) is 4.36. The largest absolute Gasteiger partial charge is 0.393 e. The Hall–Kier alpha value is -1.19. The Bertz CT molecular complexity index is 731. The summed E-state index contributed by atoms with van der Waals surface area (Å²) in [6.45, 7) is 1.49. The number of hydrogen-bond donors (Lipinski definition) is 2. The number of hydrogen-bond acceptors (Lipinski definition) is 7. The molecule has 8 nitrogen and oxygen atoms in total. The molecule has 2 aliphatic heterocycles. The summed E-state index contributed by atoms with van der Waals surface area (Å²) in [5.74, 6) is -0.571. The molecular weight excluding hydrogens is 350 g/mol. The minimum Gasteiger partial charge on any atom is -0.393 e. The van der Waals surface area contributed by atoms with Gasteiger partial charge in [0.15, 0.2) is 12.0 Å². The Morgan fingerprint density at radius 2 is 2.16 bits per heavy atom. The lowest BCUT2D eigenvalue weighted by molar-refractivity contribution is -0.247. The third-order valence-corrected chi connectivity index (χ3v) is 5.99. The van der Waals surface area contributed by atoms with E-state index < -0.39 is 35.0 Å². The van der Waals surface area contributed by atoms with E-state index in [9.17, 15) is 9.90 Å². The molecule has 138 valence electrons. The molecule has 3 fully saturated rings. The Kier molecular flexibility index (Phi) is 3.90. The monoisotopic (exact) mass is 371 g/mol. The van der Waals surface area contributed by atoms with Crippen molar-refractivity contribution >= 4 is 17.4 Å². The normalized spacial score (nSPS) is 39.2. The molecule has 1 aromatic heterocycles. The minimum atomic E-state index is -1.16. The molecule has 3 N–H and O–H groups in total. The van der Waals surface area contributed by atoms with Gasteiger partial charge in [0, 0.05) is 19.0 Å². The van der Waals surface area contributed by atoms with Gasteiger partial charge in [-0.1, -0.05) is 0 Å². The lowest BCUT2D eigenvalue weighted by Gasteiger charge is -2.33. The zero-order valence-corrected chi connectivity index (χ0v) is 14.7. The van der Waals surface area contributed by atoms with Gasteiger partial charge in [-0.3, -0.25) is 4.57 Å². The van der Waals surface area contributed by atoms with Crippen LogP contribution in [0.1, 0.15) is 38.8 Å². The van der Waals surface area contributed by atoms with Gasteiger partial charge in [-0.15, -0.1) is 11.6 Å². The summed E-state index contributed by atoms with van der Waals surface area (Å²) in [7, 11) is 0. The molecule has 9 heteroatoms. The van der Waals surface area contributed by atoms with Gasteiger partial charge in [0.2, 0.25) is 0 Å². The molecule has 1 aromatic rings. The molecule has 1 spiro atoms. The van der Waals surface area contributed by atoms with E-state index in [1.54, 1.807) is 0 Å². The maximum Gasteiger partial charge on any atom is 0.351 e. The number of nitrogen functional groups attached to an aromatic ring is 1. The fourth-order valence-corrected chi connectivity index (χ4v) is 4.64. The van der Waals surface area contributed by atoms with Crippen LogP contribution in [0.2, 0.25) is 0 Å². The second-order valence-electron chi connectivity index (χ2n) is 7.27. The molecule has 0 amide bonds. The minimum absolute atomic E-state index is 0.0108. The van der Waals surface area contributed by atoms with Crippen LogP contribution < -0.4 is 11.4 Å². The Morgan fingerprint density at radius 1 is 1.44 bits per heavy atom. The van der Waals surface area contributed by atoms with E-state index in [4.69, 9.17) is 31.5 Å². The standard InChI is InChI=1S/C16H22ClN3O5/c1-14-11(23-16(25-14)5-2-3-6-16)15(8-17,9-21)24-12(14)20-7-4-10(18)19-13(20)22/h4,7,11-12,21H,2-3,5-6,8-9H2,1H3,(H2,18,19,22)/t11?,12-,14-,15-/m1/s1. The predicted octanol–water partition coefficient (Wildman–Crippen LogP) is 0.769. The van der Waals surface area contributed by atoms with E-state index in [1.165, 1.54) is 16.8 Å². The number of aromatic nitrogens is 2. The summed E-state index contributed by atoms with van der Waals surface area (Å²) < 4.78 is 20.1. The summed E-state index contributed by atoms with van der Waals surface area (Å²) >= 11 is 6.16. The summed E-state index contributed by atoms with van der Waals surface area (Å²) in [4.78, 5) is 16.1. The van der Waals surface area contributed by atoms with Gasteiger partial charge in [0.25, 0.3) is 0 Å². The van der Waals surface area contributed by atoms with Crippen LogP contribution in [0, 0.1) is 0 Å². The van der Waals surface area contributed by atoms with Gasteiger partial charge in [0.1, 0.15) is 23.1 Å². The molecular formula is C16H22ClN3O5. The van der Waals surface area contributed by atoms with Crippen LogP contribution in [0.3, 0.4) is 0 Å². The van der Waals surface area contributed by atoms with Crippen molar-refractivity contribution < 1.29 is 19.3 Å². The topological polar surface area (TPSA) is 109 Å². The van der Waals surface area contributed by atoms with E-state index in [1.807, 2.05) is 6.92 Å². The van der Waals surface area contributed by atoms with Crippen molar-refractivity contribution in [3.8, 4) is 0 Å². The van der Waals surface area contributed by atoms with Crippen molar-refractivity contribution in [2.75, 3.05) is 18.2 Å². The fraction of sp³-hybridized carbons (Fsp3) is 0.750. The van der Waals surface area contributed by atoms with Crippen LogP contribution in [0.4, 0.5) is 5.82 Å². The smallest absolute Gasteiger partial charge is 0.351 e. The van der Waals surface area contributed by atoms with Crippen LogP contribution in [0.5, 0.6) is 0 Å². The van der Waals surface area contributed by atoms with Crippen LogP contribution >= 0.6 is 11.6 Å². The molecule has 1 saturated carbocycles. The van der Waals surface area contributed by atoms with E-state index >= 15 is 0 Å². The molecule has 2 saturated heterocycles. The number of aliphatic hydroxyl groups excluding tert-OH is 1. The number of rotatable bonds is 3. The van der Waals surface area contributed by atoms with Crippen LogP contribution in [-0.2, 0) is 14.2 Å². The van der Waals surface area contributed by atoms with E-state index in [-0.39, 0.29) is 18.3 Å². The van der Waals surface area contributed by atoms with E-state index in [2.05, 4.69) is 4.98 Å². The molecule has 4 atom stereocenters. The van der Waals surface area contributed by atoms with Crippen molar-refractivity contribution in [1.29, 1.82) is 0 Å². The zero-order chi connectivity index (χ0) is 17.9. The Balaban J connectivity index is 1.81. The molecule has 1 unspecified atom stereocenters. The molecule has 0 aromatic carbocycles. The highest BCUT2D eigenvalue weighted by Gasteiger charge is 2.71. The quantitative estimate of drug-likeness (QED) is 0.755. The molecule has 0 radical (unpaired) electrons. The third kappa shape index (κ3) is 2.35. The maximum atomic E-state index is 12.4. The first-order valence-corrected chi connectivity index (χ1v) is 8.99. The number of halogens is 1. The molecule has 3 aliphatic rings. The lowest BCUT2D eigenvalue weighted by Crippen LogP contribution is -2.51. The average molecular weight is 372 g/mol. The van der Waals surface area contributed by atoms with Gasteiger partial charge < -0.3 is 25.1 Å². The molecule has 1 aliphatic carbocycles. The highest BCUT2D eigenvalue weighted by Crippen LogP contribution is 2.58. The number of aliphatic hydroxyl groups is 1. The first-order chi connectivity index (χ1) is 11.9. The van der Waals surface area contributed by atoms with Crippen molar-refractivity contribution in [2.24, 2.45) is 0 Å². The van der Waals surface area contributed by atoms with Gasteiger partial charge in [-0.2, -0.15) is 4.98 Å². The highest BCUT2D eigenvalue weighted by atomic mass is 35.5. The maximum absolute atomic E-state index is 12.4. The predicted molar refractivity (Wildman–Crippen MR) is 89.1 cm³/mol. The van der Waals surface area contributed by atoms with Crippen molar-refractivity contribution in [2.45, 2.75) is 61.9 Å².